The van der Waals surface area contributed by atoms with E-state index in [2.05, 4.69) is 15.5 Å². The maximum absolute atomic E-state index is 5.50. The summed E-state index contributed by atoms with van der Waals surface area (Å²) in [5.41, 5.74) is 0. The second-order valence-electron chi connectivity index (χ2n) is 5.71. The van der Waals surface area contributed by atoms with Crippen molar-refractivity contribution in [2.45, 2.75) is 56.4 Å². The van der Waals surface area contributed by atoms with Crippen LogP contribution in [0.2, 0.25) is 0 Å². The van der Waals surface area contributed by atoms with E-state index in [1.54, 1.807) is 0 Å². The highest BCUT2D eigenvalue weighted by molar-refractivity contribution is 5.01. The molecule has 5 nitrogen and oxygen atoms in total. The van der Waals surface area contributed by atoms with Crippen LogP contribution in [0.4, 0.5) is 0 Å². The van der Waals surface area contributed by atoms with Crippen LogP contribution in [-0.2, 0) is 4.74 Å². The zero-order valence-electron chi connectivity index (χ0n) is 11.6. The number of hydrogen-bond acceptors (Lipinski definition) is 5. The first-order chi connectivity index (χ1) is 9.36. The molecule has 1 saturated heterocycles. The van der Waals surface area contributed by atoms with E-state index in [4.69, 9.17) is 9.26 Å². The van der Waals surface area contributed by atoms with Gasteiger partial charge in [-0.1, -0.05) is 5.16 Å². The number of rotatable bonds is 3. The predicted molar refractivity (Wildman–Crippen MR) is 71.1 cm³/mol. The highest BCUT2D eigenvalue weighted by Gasteiger charge is 2.27. The first-order valence-corrected chi connectivity index (χ1v) is 7.45. The molecule has 0 aromatic carbocycles. The fourth-order valence-corrected chi connectivity index (χ4v) is 3.16. The molecule has 1 aromatic heterocycles. The molecule has 19 heavy (non-hydrogen) atoms. The minimum absolute atomic E-state index is 0.430. The standard InChI is InChI=1S/C14H23N3O2/c1-15-12-4-2-11(3-5-12)14-16-13(17-19-14)10-6-8-18-9-7-10/h10-12,15H,2-9H2,1H3. The maximum atomic E-state index is 5.50. The van der Waals surface area contributed by atoms with Gasteiger partial charge in [0.15, 0.2) is 5.82 Å². The average molecular weight is 265 g/mol. The van der Waals surface area contributed by atoms with Gasteiger partial charge in [-0.2, -0.15) is 4.98 Å². The Bertz CT molecular complexity index is 393. The van der Waals surface area contributed by atoms with Crippen molar-refractivity contribution < 1.29 is 9.26 Å². The number of nitrogens with one attached hydrogen (secondary N) is 1. The molecule has 5 heteroatoms. The number of hydrogen-bond donors (Lipinski definition) is 1. The van der Waals surface area contributed by atoms with Crippen molar-refractivity contribution in [2.75, 3.05) is 20.3 Å². The van der Waals surface area contributed by atoms with Crippen LogP contribution >= 0.6 is 0 Å². The minimum Gasteiger partial charge on any atom is -0.381 e. The summed E-state index contributed by atoms with van der Waals surface area (Å²) < 4.78 is 10.9. The van der Waals surface area contributed by atoms with Crippen molar-refractivity contribution >= 4 is 0 Å². The van der Waals surface area contributed by atoms with Gasteiger partial charge in [0.25, 0.3) is 0 Å². The lowest BCUT2D eigenvalue weighted by atomic mass is 9.86. The van der Waals surface area contributed by atoms with Crippen LogP contribution in [0.5, 0.6) is 0 Å². The summed E-state index contributed by atoms with van der Waals surface area (Å²) in [6.45, 7) is 1.64. The quantitative estimate of drug-likeness (QED) is 0.908. The second-order valence-corrected chi connectivity index (χ2v) is 5.71. The molecule has 1 aliphatic carbocycles. The lowest BCUT2D eigenvalue weighted by molar-refractivity contribution is 0.0830. The van der Waals surface area contributed by atoms with Gasteiger partial charge in [0.2, 0.25) is 5.89 Å². The molecule has 0 spiro atoms. The molecule has 0 amide bonds. The van der Waals surface area contributed by atoms with Gasteiger partial charge in [0.05, 0.1) is 0 Å². The maximum Gasteiger partial charge on any atom is 0.229 e. The Morgan fingerprint density at radius 2 is 1.74 bits per heavy atom. The minimum atomic E-state index is 0.430. The lowest BCUT2D eigenvalue weighted by Gasteiger charge is -2.25. The van der Waals surface area contributed by atoms with Crippen molar-refractivity contribution in [1.82, 2.24) is 15.5 Å². The van der Waals surface area contributed by atoms with Gasteiger partial charge < -0.3 is 14.6 Å². The fraction of sp³-hybridized carbons (Fsp3) is 0.857. The van der Waals surface area contributed by atoms with Crippen molar-refractivity contribution in [3.63, 3.8) is 0 Å². The number of ether oxygens (including phenoxy) is 1. The van der Waals surface area contributed by atoms with Crippen molar-refractivity contribution in [3.05, 3.63) is 11.7 Å². The smallest absolute Gasteiger partial charge is 0.229 e. The third-order valence-corrected chi connectivity index (χ3v) is 4.53. The normalized spacial score (nSPS) is 29.5. The molecule has 2 aliphatic rings. The summed E-state index contributed by atoms with van der Waals surface area (Å²) in [4.78, 5) is 4.65. The van der Waals surface area contributed by atoms with Crippen LogP contribution in [0.25, 0.3) is 0 Å². The monoisotopic (exact) mass is 265 g/mol. The van der Waals surface area contributed by atoms with Gasteiger partial charge in [-0.05, 0) is 45.6 Å². The first kappa shape index (κ1) is 13.1. The zero-order valence-corrected chi connectivity index (χ0v) is 11.6. The van der Waals surface area contributed by atoms with E-state index in [0.29, 0.717) is 17.9 Å². The molecular weight excluding hydrogens is 242 g/mol. The summed E-state index contributed by atoms with van der Waals surface area (Å²) in [7, 11) is 2.04. The Balaban J connectivity index is 1.61. The van der Waals surface area contributed by atoms with E-state index < -0.39 is 0 Å². The molecule has 0 bridgehead atoms. The van der Waals surface area contributed by atoms with E-state index in [1.807, 2.05) is 7.05 Å². The fourth-order valence-electron chi connectivity index (χ4n) is 3.16. The Morgan fingerprint density at radius 3 is 2.42 bits per heavy atom. The van der Waals surface area contributed by atoms with Gasteiger partial charge in [-0.3, -0.25) is 0 Å². The zero-order chi connectivity index (χ0) is 13.1. The first-order valence-electron chi connectivity index (χ1n) is 7.45. The van der Waals surface area contributed by atoms with Gasteiger partial charge in [-0.25, -0.2) is 0 Å². The van der Waals surface area contributed by atoms with E-state index in [9.17, 15) is 0 Å². The van der Waals surface area contributed by atoms with E-state index in [0.717, 1.165) is 50.6 Å². The number of nitrogens with zero attached hydrogens (tertiary/aromatic N) is 2. The lowest BCUT2D eigenvalue weighted by Crippen LogP contribution is -2.29. The van der Waals surface area contributed by atoms with E-state index in [1.165, 1.54) is 12.8 Å². The summed E-state index contributed by atoms with van der Waals surface area (Å²) in [6, 6.07) is 0.661. The highest BCUT2D eigenvalue weighted by atomic mass is 16.5. The summed E-state index contributed by atoms with van der Waals surface area (Å²) in [6.07, 6.45) is 6.76. The number of aromatic nitrogens is 2. The molecule has 1 aromatic rings. The van der Waals surface area contributed by atoms with Crippen LogP contribution in [0.1, 0.15) is 62.1 Å². The van der Waals surface area contributed by atoms with Crippen LogP contribution in [0.3, 0.4) is 0 Å². The topological polar surface area (TPSA) is 60.2 Å². The summed E-state index contributed by atoms with van der Waals surface area (Å²) in [5.74, 6) is 2.65. The summed E-state index contributed by atoms with van der Waals surface area (Å²) >= 11 is 0. The Kier molecular flexibility index (Phi) is 4.13. The van der Waals surface area contributed by atoms with E-state index in [-0.39, 0.29) is 0 Å². The van der Waals surface area contributed by atoms with Gasteiger partial charge in [0.1, 0.15) is 0 Å². The molecule has 0 radical (unpaired) electrons. The molecule has 2 heterocycles. The Labute approximate surface area is 114 Å². The SMILES string of the molecule is CNC1CCC(c2nc(C3CCOCC3)no2)CC1. The third-order valence-electron chi connectivity index (χ3n) is 4.53. The van der Waals surface area contributed by atoms with Crippen molar-refractivity contribution in [2.24, 2.45) is 0 Å². The molecule has 3 rings (SSSR count). The molecule has 0 unspecified atom stereocenters. The Morgan fingerprint density at radius 1 is 1.00 bits per heavy atom. The molecule has 1 saturated carbocycles. The molecule has 1 N–H and O–H groups in total. The van der Waals surface area contributed by atoms with Gasteiger partial charge >= 0.3 is 0 Å². The predicted octanol–water partition coefficient (Wildman–Crippen LogP) is 2.21. The molecule has 0 atom stereocenters. The second kappa shape index (κ2) is 6.01. The molecular formula is C14H23N3O2. The Hall–Kier alpha value is -0.940. The van der Waals surface area contributed by atoms with E-state index >= 15 is 0 Å². The average Bonchev–Trinajstić information content (AvgIpc) is 2.98. The molecule has 106 valence electrons. The summed E-state index contributed by atoms with van der Waals surface area (Å²) in [5, 5.41) is 7.55. The highest BCUT2D eigenvalue weighted by Crippen LogP contribution is 2.33. The van der Waals surface area contributed by atoms with Crippen molar-refractivity contribution in [1.29, 1.82) is 0 Å². The molecule has 2 fully saturated rings. The third kappa shape index (κ3) is 2.98. The van der Waals surface area contributed by atoms with Gasteiger partial charge in [0, 0.05) is 31.1 Å². The van der Waals surface area contributed by atoms with Crippen LogP contribution in [-0.4, -0.2) is 36.4 Å². The van der Waals surface area contributed by atoms with Crippen LogP contribution in [0, 0.1) is 0 Å². The van der Waals surface area contributed by atoms with Crippen LogP contribution < -0.4 is 5.32 Å². The van der Waals surface area contributed by atoms with Crippen molar-refractivity contribution in [3.8, 4) is 0 Å². The molecule has 1 aliphatic heterocycles. The van der Waals surface area contributed by atoms with Gasteiger partial charge in [-0.15, -0.1) is 0 Å². The largest absolute Gasteiger partial charge is 0.381 e. The van der Waals surface area contributed by atoms with Crippen LogP contribution in [0.15, 0.2) is 4.52 Å².